The molecule has 0 rings (SSSR count). The minimum absolute atomic E-state index is 0.0694. The maximum Gasteiger partial charge on any atom is 0.304 e. The summed E-state index contributed by atoms with van der Waals surface area (Å²) in [5, 5.41) is 7.83. The fraction of sp³-hybridized carbons (Fsp3) is 0.750. The predicted molar refractivity (Wildman–Crippen MR) is 60.0 cm³/mol. The van der Waals surface area contributed by atoms with Crippen molar-refractivity contribution >= 4 is 23.7 Å². The van der Waals surface area contributed by atoms with E-state index in [9.17, 15) is 4.79 Å². The van der Waals surface area contributed by atoms with Gasteiger partial charge in [0.05, 0.1) is 11.9 Å². The lowest BCUT2D eigenvalue weighted by Crippen LogP contribution is -2.05. The molecule has 3 N–H and O–H groups in total. The molecule has 5 heteroatoms. The van der Waals surface area contributed by atoms with Crippen LogP contribution in [-0.2, 0) is 4.79 Å². The second-order valence-electron chi connectivity index (χ2n) is 2.00. The van der Waals surface area contributed by atoms with Crippen LogP contribution in [0.2, 0.25) is 0 Å². The van der Waals surface area contributed by atoms with E-state index in [0.717, 1.165) is 0 Å². The number of thiocarbonyl (C=S) groups is 1. The van der Waals surface area contributed by atoms with Crippen molar-refractivity contribution in [3.05, 3.63) is 0 Å². The van der Waals surface area contributed by atoms with Crippen molar-refractivity contribution in [2.75, 3.05) is 20.6 Å². The number of aliphatic carboxylic acids is 1. The van der Waals surface area contributed by atoms with E-state index in [0.29, 0.717) is 0 Å². The van der Waals surface area contributed by atoms with Crippen LogP contribution in [0.5, 0.6) is 0 Å². The Morgan fingerprint density at radius 1 is 1.54 bits per heavy atom. The maximum atomic E-state index is 9.52. The summed E-state index contributed by atoms with van der Waals surface area (Å²) in [6, 6.07) is 0. The highest BCUT2D eigenvalue weighted by Gasteiger charge is 1.87. The lowest BCUT2D eigenvalue weighted by atomic mass is 10.5. The predicted octanol–water partition coefficient (Wildman–Crippen LogP) is 0.951. The van der Waals surface area contributed by atoms with Gasteiger partial charge in [-0.1, -0.05) is 26.1 Å². The van der Waals surface area contributed by atoms with Gasteiger partial charge < -0.3 is 15.7 Å². The normalized spacial score (nSPS) is 6.85. The van der Waals surface area contributed by atoms with E-state index in [4.69, 9.17) is 10.8 Å². The zero-order valence-corrected chi connectivity index (χ0v) is 9.60. The number of hydrogen-bond donors (Lipinski definition) is 2. The number of carboxylic acid groups (broad SMARTS) is 1. The summed E-state index contributed by atoms with van der Waals surface area (Å²) >= 11 is 4.48. The maximum absolute atomic E-state index is 9.52. The molecule has 0 unspecified atom stereocenters. The Morgan fingerprint density at radius 2 is 1.85 bits per heavy atom. The molecule has 0 aromatic carbocycles. The number of nitrogens with zero attached hydrogens (tertiary/aromatic N) is 1. The number of nitrogens with two attached hydrogens (primary N) is 1. The summed E-state index contributed by atoms with van der Waals surface area (Å²) in [5.74, 6) is -0.836. The van der Waals surface area contributed by atoms with Crippen molar-refractivity contribution in [3.8, 4) is 0 Å². The largest absolute Gasteiger partial charge is 0.481 e. The number of carbonyl (C=O) groups is 1. The van der Waals surface area contributed by atoms with Gasteiger partial charge in [-0.2, -0.15) is 0 Å². The molecule has 0 spiro atoms. The van der Waals surface area contributed by atoms with Gasteiger partial charge in [-0.15, -0.1) is 0 Å². The number of hydrogen-bond acceptors (Lipinski definition) is 3. The molecule has 0 bridgehead atoms. The van der Waals surface area contributed by atoms with Crippen LogP contribution in [0.25, 0.3) is 0 Å². The Kier molecular flexibility index (Phi) is 24.3. The van der Waals surface area contributed by atoms with Gasteiger partial charge in [-0.05, 0) is 0 Å². The molecule has 0 aliphatic carbocycles. The molecule has 4 nitrogen and oxygen atoms in total. The summed E-state index contributed by atoms with van der Waals surface area (Å²) in [6.07, 6.45) is 0.0694. The summed E-state index contributed by atoms with van der Waals surface area (Å²) < 4.78 is 0. The summed E-state index contributed by atoms with van der Waals surface area (Å²) in [7, 11) is 3.79. The molecule has 0 fully saturated rings. The smallest absolute Gasteiger partial charge is 0.304 e. The Balaban J connectivity index is -0.000000131. The molecule has 13 heavy (non-hydrogen) atoms. The quantitative estimate of drug-likeness (QED) is 0.676. The van der Waals surface area contributed by atoms with E-state index in [1.54, 1.807) is 5.49 Å². The second-order valence-corrected chi connectivity index (χ2v) is 2.21. The van der Waals surface area contributed by atoms with Gasteiger partial charge in [0.25, 0.3) is 0 Å². The van der Waals surface area contributed by atoms with Crippen LogP contribution in [0.3, 0.4) is 0 Å². The molecule has 80 valence electrons. The molecule has 0 amide bonds. The first kappa shape index (κ1) is 18.2. The van der Waals surface area contributed by atoms with Crippen molar-refractivity contribution in [1.82, 2.24) is 4.90 Å². The van der Waals surface area contributed by atoms with Gasteiger partial charge >= 0.3 is 5.97 Å². The fourth-order valence-corrected chi connectivity index (χ4v) is 0.123. The Hall–Kier alpha value is -0.680. The second kappa shape index (κ2) is 17.4. The van der Waals surface area contributed by atoms with Gasteiger partial charge in [0.2, 0.25) is 0 Å². The molecule has 0 aliphatic rings. The van der Waals surface area contributed by atoms with Crippen LogP contribution >= 0.6 is 12.2 Å². The van der Waals surface area contributed by atoms with Crippen molar-refractivity contribution < 1.29 is 9.90 Å². The third-order valence-electron chi connectivity index (χ3n) is 0.569. The third-order valence-corrected chi connectivity index (χ3v) is 0.991. The molecule has 0 aliphatic heterocycles. The third kappa shape index (κ3) is 52.7. The molecule has 0 aromatic rings. The van der Waals surface area contributed by atoms with Crippen LogP contribution in [0.15, 0.2) is 0 Å². The van der Waals surface area contributed by atoms with Crippen LogP contribution in [0.1, 0.15) is 20.3 Å². The molecular formula is C8H20N2O2S. The minimum Gasteiger partial charge on any atom is -0.481 e. The van der Waals surface area contributed by atoms with E-state index < -0.39 is 5.97 Å². The summed E-state index contributed by atoms with van der Waals surface area (Å²) in [4.78, 5) is 11.3. The zero-order chi connectivity index (χ0) is 11.3. The van der Waals surface area contributed by atoms with Gasteiger partial charge in [-0.25, -0.2) is 0 Å². The Bertz CT molecular complexity index is 119. The van der Waals surface area contributed by atoms with Gasteiger partial charge in [0.1, 0.15) is 0 Å². The van der Waals surface area contributed by atoms with E-state index in [1.165, 1.54) is 0 Å². The zero-order valence-electron chi connectivity index (χ0n) is 8.78. The monoisotopic (exact) mass is 208 g/mol. The van der Waals surface area contributed by atoms with Crippen LogP contribution in [0.4, 0.5) is 0 Å². The Labute approximate surface area is 85.7 Å². The molecule has 0 radical (unpaired) electrons. The van der Waals surface area contributed by atoms with Crippen molar-refractivity contribution in [2.45, 2.75) is 20.3 Å². The van der Waals surface area contributed by atoms with Crippen molar-refractivity contribution in [2.24, 2.45) is 5.73 Å². The topological polar surface area (TPSA) is 66.6 Å². The molecule has 0 saturated heterocycles. The Morgan fingerprint density at radius 3 is 1.85 bits per heavy atom. The van der Waals surface area contributed by atoms with Gasteiger partial charge in [0, 0.05) is 20.6 Å². The van der Waals surface area contributed by atoms with E-state index in [-0.39, 0.29) is 13.0 Å². The first-order valence-corrected chi connectivity index (χ1v) is 4.55. The summed E-state index contributed by atoms with van der Waals surface area (Å²) in [6.45, 7) is 4.23. The first-order valence-electron chi connectivity index (χ1n) is 4.08. The van der Waals surface area contributed by atoms with Crippen LogP contribution < -0.4 is 5.73 Å². The SMILES string of the molecule is CC.CN(C)C=S.NCCC(=O)O. The lowest BCUT2D eigenvalue weighted by molar-refractivity contribution is -0.136. The highest BCUT2D eigenvalue weighted by atomic mass is 32.1. The van der Waals surface area contributed by atoms with Gasteiger partial charge in [0.15, 0.2) is 0 Å². The standard InChI is InChI=1S/C3H7NO2.C3H7NS.C2H6/c4-2-1-3(5)6;1-4(2)3-5;1-2/h1-2,4H2,(H,5,6);3H,1-2H3;1-2H3. The molecule has 0 heterocycles. The molecule has 0 aromatic heterocycles. The van der Waals surface area contributed by atoms with E-state index in [1.807, 2.05) is 32.8 Å². The molecular weight excluding hydrogens is 188 g/mol. The molecule has 0 saturated carbocycles. The van der Waals surface area contributed by atoms with Gasteiger partial charge in [-0.3, -0.25) is 4.79 Å². The van der Waals surface area contributed by atoms with Crippen molar-refractivity contribution in [3.63, 3.8) is 0 Å². The first-order chi connectivity index (χ1) is 6.04. The summed E-state index contributed by atoms with van der Waals surface area (Å²) in [5.41, 5.74) is 6.43. The number of carboxylic acids is 1. The molecule has 0 atom stereocenters. The van der Waals surface area contributed by atoms with E-state index in [2.05, 4.69) is 12.2 Å². The van der Waals surface area contributed by atoms with E-state index >= 15 is 0 Å². The highest BCUT2D eigenvalue weighted by Crippen LogP contribution is 1.67. The lowest BCUT2D eigenvalue weighted by Gasteiger charge is -1.96. The fourth-order valence-electron chi connectivity index (χ4n) is 0.123. The number of rotatable bonds is 3. The van der Waals surface area contributed by atoms with Crippen LogP contribution in [0, 0.1) is 0 Å². The minimum atomic E-state index is -0.836. The average Bonchev–Trinajstić information content (AvgIpc) is 2.09. The highest BCUT2D eigenvalue weighted by molar-refractivity contribution is 7.78. The van der Waals surface area contributed by atoms with Crippen LogP contribution in [-0.4, -0.2) is 42.1 Å². The van der Waals surface area contributed by atoms with Crippen molar-refractivity contribution in [1.29, 1.82) is 0 Å². The average molecular weight is 208 g/mol.